The molecule has 6 nitrogen and oxygen atoms in total. The molecular formula is C24H22N2O4. The van der Waals surface area contributed by atoms with E-state index in [1.165, 1.54) is 4.90 Å². The highest BCUT2D eigenvalue weighted by Crippen LogP contribution is 2.33. The van der Waals surface area contributed by atoms with E-state index in [0.29, 0.717) is 17.1 Å². The van der Waals surface area contributed by atoms with E-state index in [2.05, 4.69) is 5.32 Å². The molecule has 6 heteroatoms. The molecule has 152 valence electrons. The minimum atomic E-state index is -0.441. The van der Waals surface area contributed by atoms with Crippen LogP contribution in [-0.4, -0.2) is 31.1 Å². The van der Waals surface area contributed by atoms with Gasteiger partial charge in [0, 0.05) is 5.56 Å². The number of carbonyl (C=O) groups is 2. The number of nitrogens with one attached hydrogen (secondary N) is 1. The summed E-state index contributed by atoms with van der Waals surface area (Å²) in [5, 5.41) is 4.52. The summed E-state index contributed by atoms with van der Waals surface area (Å²) in [6, 6.07) is 16.8. The Morgan fingerprint density at radius 1 is 0.967 bits per heavy atom. The summed E-state index contributed by atoms with van der Waals surface area (Å²) in [6.45, 7) is 2.20. The van der Waals surface area contributed by atoms with Crippen molar-refractivity contribution in [2.24, 2.45) is 0 Å². The number of rotatable bonds is 5. The quantitative estimate of drug-likeness (QED) is 0.512. The fourth-order valence-electron chi connectivity index (χ4n) is 3.49. The van der Waals surface area contributed by atoms with Gasteiger partial charge in [-0.1, -0.05) is 42.0 Å². The average Bonchev–Trinajstić information content (AvgIpc) is 3.02. The van der Waals surface area contributed by atoms with Gasteiger partial charge in [-0.15, -0.1) is 0 Å². The standard InChI is InChI=1S/C24H22N2O4/c1-15-4-6-16(7-5-15)14-26-23(27)21(25-24(26)28)13-20-19-12-18(29-2)10-8-17(19)9-11-22(20)30-3/h4-13H,14H2,1-3H3,(H,25,28)/b21-13+. The van der Waals surface area contributed by atoms with Crippen LogP contribution in [0.25, 0.3) is 16.8 Å². The molecule has 0 radical (unpaired) electrons. The zero-order valence-corrected chi connectivity index (χ0v) is 17.1. The fourth-order valence-corrected chi connectivity index (χ4v) is 3.49. The van der Waals surface area contributed by atoms with Crippen molar-refractivity contribution >= 4 is 28.8 Å². The summed E-state index contributed by atoms with van der Waals surface area (Å²) in [5.74, 6) is 0.919. The van der Waals surface area contributed by atoms with E-state index in [9.17, 15) is 9.59 Å². The first-order chi connectivity index (χ1) is 14.5. The molecule has 0 saturated carbocycles. The number of amides is 3. The highest BCUT2D eigenvalue weighted by molar-refractivity contribution is 6.14. The molecule has 0 unspecified atom stereocenters. The van der Waals surface area contributed by atoms with E-state index in [0.717, 1.165) is 21.9 Å². The minimum absolute atomic E-state index is 0.209. The van der Waals surface area contributed by atoms with Gasteiger partial charge in [0.25, 0.3) is 5.91 Å². The molecule has 0 atom stereocenters. The second kappa shape index (κ2) is 7.91. The van der Waals surface area contributed by atoms with Crippen molar-refractivity contribution in [3.63, 3.8) is 0 Å². The Balaban J connectivity index is 1.72. The van der Waals surface area contributed by atoms with Gasteiger partial charge in [0.15, 0.2) is 0 Å². The van der Waals surface area contributed by atoms with Crippen molar-refractivity contribution in [3.05, 3.63) is 77.0 Å². The van der Waals surface area contributed by atoms with Crippen LogP contribution in [0.3, 0.4) is 0 Å². The maximum atomic E-state index is 13.0. The molecule has 3 amide bonds. The molecular weight excluding hydrogens is 380 g/mol. The number of benzene rings is 3. The number of nitrogens with zero attached hydrogens (tertiary/aromatic N) is 1. The summed E-state index contributed by atoms with van der Waals surface area (Å²) < 4.78 is 10.9. The Hall–Kier alpha value is -3.80. The number of methoxy groups -OCH3 is 2. The van der Waals surface area contributed by atoms with Crippen molar-refractivity contribution in [3.8, 4) is 11.5 Å². The van der Waals surface area contributed by atoms with Gasteiger partial charge in [-0.05, 0) is 47.5 Å². The smallest absolute Gasteiger partial charge is 0.329 e. The van der Waals surface area contributed by atoms with Gasteiger partial charge in [0.05, 0.1) is 20.8 Å². The zero-order chi connectivity index (χ0) is 21.3. The molecule has 4 rings (SSSR count). The first kappa shape index (κ1) is 19.5. The van der Waals surface area contributed by atoms with Gasteiger partial charge in [-0.3, -0.25) is 9.69 Å². The van der Waals surface area contributed by atoms with Crippen molar-refractivity contribution in [2.45, 2.75) is 13.5 Å². The molecule has 0 bridgehead atoms. The summed E-state index contributed by atoms with van der Waals surface area (Å²) in [4.78, 5) is 26.6. The van der Waals surface area contributed by atoms with Gasteiger partial charge in [-0.25, -0.2) is 4.79 Å². The Morgan fingerprint density at radius 3 is 2.40 bits per heavy atom. The van der Waals surface area contributed by atoms with E-state index in [4.69, 9.17) is 9.47 Å². The minimum Gasteiger partial charge on any atom is -0.497 e. The number of ether oxygens (including phenoxy) is 2. The Bertz CT molecular complexity index is 1160. The van der Waals surface area contributed by atoms with Gasteiger partial charge < -0.3 is 14.8 Å². The molecule has 1 aliphatic heterocycles. The first-order valence-corrected chi connectivity index (χ1v) is 9.55. The molecule has 30 heavy (non-hydrogen) atoms. The fraction of sp³-hybridized carbons (Fsp3) is 0.167. The summed E-state index contributed by atoms with van der Waals surface area (Å²) >= 11 is 0. The highest BCUT2D eigenvalue weighted by atomic mass is 16.5. The lowest BCUT2D eigenvalue weighted by Gasteiger charge is -2.12. The summed E-state index contributed by atoms with van der Waals surface area (Å²) in [5.41, 5.74) is 2.92. The monoisotopic (exact) mass is 402 g/mol. The summed E-state index contributed by atoms with van der Waals surface area (Å²) in [6.07, 6.45) is 1.66. The van der Waals surface area contributed by atoms with Crippen LogP contribution >= 0.6 is 0 Å². The third kappa shape index (κ3) is 3.59. The van der Waals surface area contributed by atoms with Crippen LogP contribution in [0.15, 0.2) is 60.3 Å². The van der Waals surface area contributed by atoms with E-state index < -0.39 is 6.03 Å². The lowest BCUT2D eigenvalue weighted by atomic mass is 10.0. The number of hydrogen-bond acceptors (Lipinski definition) is 4. The number of fused-ring (bicyclic) bond motifs is 1. The van der Waals surface area contributed by atoms with E-state index in [1.807, 2.05) is 61.5 Å². The molecule has 1 fully saturated rings. The molecule has 3 aromatic carbocycles. The maximum Gasteiger partial charge on any atom is 0.329 e. The van der Waals surface area contributed by atoms with Crippen molar-refractivity contribution in [2.75, 3.05) is 14.2 Å². The van der Waals surface area contributed by atoms with Crippen LogP contribution in [0, 0.1) is 6.92 Å². The van der Waals surface area contributed by atoms with Gasteiger partial charge >= 0.3 is 6.03 Å². The number of urea groups is 1. The lowest BCUT2D eigenvalue weighted by molar-refractivity contribution is -0.123. The summed E-state index contributed by atoms with van der Waals surface area (Å²) in [7, 11) is 3.17. The zero-order valence-electron chi connectivity index (χ0n) is 17.1. The molecule has 0 aromatic heterocycles. The van der Waals surface area contributed by atoms with Crippen LogP contribution in [-0.2, 0) is 11.3 Å². The third-order valence-corrected chi connectivity index (χ3v) is 5.16. The van der Waals surface area contributed by atoms with Gasteiger partial charge in [-0.2, -0.15) is 0 Å². The normalized spacial score (nSPS) is 15.0. The third-order valence-electron chi connectivity index (χ3n) is 5.16. The molecule has 0 spiro atoms. The first-order valence-electron chi connectivity index (χ1n) is 9.55. The largest absolute Gasteiger partial charge is 0.497 e. The van der Waals surface area contributed by atoms with Crippen molar-refractivity contribution in [1.29, 1.82) is 0 Å². The SMILES string of the molecule is COc1ccc2ccc(OC)c(/C=C3/NC(=O)N(Cc4ccc(C)cc4)C3=O)c2c1. The van der Waals surface area contributed by atoms with Crippen LogP contribution < -0.4 is 14.8 Å². The van der Waals surface area contributed by atoms with Crippen LogP contribution in [0.1, 0.15) is 16.7 Å². The number of imide groups is 1. The topological polar surface area (TPSA) is 67.9 Å². The molecule has 1 saturated heterocycles. The predicted molar refractivity (Wildman–Crippen MR) is 115 cm³/mol. The Kier molecular flexibility index (Phi) is 5.14. The van der Waals surface area contributed by atoms with E-state index in [-0.39, 0.29) is 18.1 Å². The molecule has 1 heterocycles. The van der Waals surface area contributed by atoms with Crippen LogP contribution in [0.2, 0.25) is 0 Å². The lowest BCUT2D eigenvalue weighted by Crippen LogP contribution is -2.30. The van der Waals surface area contributed by atoms with E-state index >= 15 is 0 Å². The Labute approximate surface area is 174 Å². The predicted octanol–water partition coefficient (Wildman–Crippen LogP) is 4.26. The molecule has 1 N–H and O–H groups in total. The molecule has 1 aliphatic rings. The number of carbonyl (C=O) groups excluding carboxylic acids is 2. The van der Waals surface area contributed by atoms with Crippen LogP contribution in [0.4, 0.5) is 4.79 Å². The second-order valence-corrected chi connectivity index (χ2v) is 7.13. The molecule has 3 aromatic rings. The molecule has 0 aliphatic carbocycles. The van der Waals surface area contributed by atoms with Crippen LogP contribution in [0.5, 0.6) is 11.5 Å². The Morgan fingerprint density at radius 2 is 1.70 bits per heavy atom. The van der Waals surface area contributed by atoms with Gasteiger partial charge in [0.1, 0.15) is 17.2 Å². The highest BCUT2D eigenvalue weighted by Gasteiger charge is 2.33. The number of hydrogen-bond donors (Lipinski definition) is 1. The van der Waals surface area contributed by atoms with Gasteiger partial charge in [0.2, 0.25) is 0 Å². The second-order valence-electron chi connectivity index (χ2n) is 7.13. The number of aryl methyl sites for hydroxylation is 1. The van der Waals surface area contributed by atoms with Crippen molar-refractivity contribution < 1.29 is 19.1 Å². The van der Waals surface area contributed by atoms with E-state index in [1.54, 1.807) is 20.3 Å². The average molecular weight is 402 g/mol. The maximum absolute atomic E-state index is 13.0. The van der Waals surface area contributed by atoms with Crippen molar-refractivity contribution in [1.82, 2.24) is 10.2 Å².